The number of likely N-dealkylation sites (tertiary alicyclic amines) is 1. The molecule has 2 saturated heterocycles. The first kappa shape index (κ1) is 11.6. The van der Waals surface area contributed by atoms with E-state index in [-0.39, 0.29) is 0 Å². The molecule has 94 valence electrons. The topological polar surface area (TPSA) is 32.5 Å². The lowest BCUT2D eigenvalue weighted by Crippen LogP contribution is -2.60. The Morgan fingerprint density at radius 2 is 2.18 bits per heavy atom. The van der Waals surface area contributed by atoms with Gasteiger partial charge in [-0.05, 0) is 6.92 Å². The molecule has 0 atom stereocenters. The van der Waals surface area contributed by atoms with E-state index in [9.17, 15) is 0 Å². The molecule has 0 unspecified atom stereocenters. The van der Waals surface area contributed by atoms with Gasteiger partial charge in [-0.2, -0.15) is 11.8 Å². The van der Waals surface area contributed by atoms with Crippen LogP contribution in [0.3, 0.4) is 0 Å². The monoisotopic (exact) mass is 253 g/mol. The van der Waals surface area contributed by atoms with Crippen LogP contribution in [0, 0.1) is 6.92 Å². The van der Waals surface area contributed by atoms with Gasteiger partial charge in [0.2, 0.25) is 0 Å². The van der Waals surface area contributed by atoms with Gasteiger partial charge in [0.15, 0.2) is 5.76 Å². The van der Waals surface area contributed by atoms with Gasteiger partial charge in [0.05, 0.1) is 12.2 Å². The van der Waals surface area contributed by atoms with Crippen LogP contribution in [0.4, 0.5) is 0 Å². The van der Waals surface area contributed by atoms with Crippen molar-refractivity contribution >= 4 is 11.8 Å². The largest absolute Gasteiger partial charge is 0.360 e. The first-order chi connectivity index (χ1) is 8.31. The van der Waals surface area contributed by atoms with Gasteiger partial charge in [-0.15, -0.1) is 0 Å². The second-order valence-electron chi connectivity index (χ2n) is 4.93. The molecule has 0 saturated carbocycles. The standard InChI is InChI=1S/C12H19N3OS/c1-10-6-12(16-13-10)9-14-7-11(8-14)15-2-4-17-5-3-15/h6,11H,2-5,7-9H2,1H3. The van der Waals surface area contributed by atoms with E-state index >= 15 is 0 Å². The highest BCUT2D eigenvalue weighted by Crippen LogP contribution is 2.21. The fourth-order valence-electron chi connectivity index (χ4n) is 2.56. The van der Waals surface area contributed by atoms with Crippen LogP contribution in [0.5, 0.6) is 0 Å². The van der Waals surface area contributed by atoms with Gasteiger partial charge in [-0.3, -0.25) is 9.80 Å². The highest BCUT2D eigenvalue weighted by molar-refractivity contribution is 7.99. The second-order valence-corrected chi connectivity index (χ2v) is 6.16. The van der Waals surface area contributed by atoms with E-state index in [0.717, 1.165) is 24.0 Å². The molecule has 0 spiro atoms. The van der Waals surface area contributed by atoms with E-state index < -0.39 is 0 Å². The Bertz CT molecular complexity index is 370. The third-order valence-electron chi connectivity index (χ3n) is 3.56. The molecule has 2 aliphatic heterocycles. The van der Waals surface area contributed by atoms with E-state index in [1.165, 1.54) is 37.7 Å². The molecule has 17 heavy (non-hydrogen) atoms. The van der Waals surface area contributed by atoms with Crippen LogP contribution in [-0.2, 0) is 6.54 Å². The minimum Gasteiger partial charge on any atom is -0.360 e. The predicted molar refractivity (Wildman–Crippen MR) is 69.2 cm³/mol. The average molecular weight is 253 g/mol. The number of hydrogen-bond acceptors (Lipinski definition) is 5. The summed E-state index contributed by atoms with van der Waals surface area (Å²) in [5.74, 6) is 3.60. The third-order valence-corrected chi connectivity index (χ3v) is 4.50. The molecule has 2 fully saturated rings. The third kappa shape index (κ3) is 2.67. The number of nitrogens with zero attached hydrogens (tertiary/aromatic N) is 3. The van der Waals surface area contributed by atoms with Crippen molar-refractivity contribution in [3.05, 3.63) is 17.5 Å². The highest BCUT2D eigenvalue weighted by Gasteiger charge is 2.32. The molecular weight excluding hydrogens is 234 g/mol. The smallest absolute Gasteiger partial charge is 0.150 e. The van der Waals surface area contributed by atoms with E-state index in [1.807, 2.05) is 13.0 Å². The van der Waals surface area contributed by atoms with Gasteiger partial charge in [-0.1, -0.05) is 5.16 Å². The Balaban J connectivity index is 1.45. The summed E-state index contributed by atoms with van der Waals surface area (Å²) >= 11 is 2.08. The van der Waals surface area contributed by atoms with E-state index in [4.69, 9.17) is 4.52 Å². The maximum Gasteiger partial charge on any atom is 0.150 e. The van der Waals surface area contributed by atoms with Crippen LogP contribution in [0.2, 0.25) is 0 Å². The van der Waals surface area contributed by atoms with Crippen LogP contribution in [0.1, 0.15) is 11.5 Å². The summed E-state index contributed by atoms with van der Waals surface area (Å²) in [6, 6.07) is 2.81. The molecule has 0 amide bonds. The molecular formula is C12H19N3OS. The summed E-state index contributed by atoms with van der Waals surface area (Å²) in [5.41, 5.74) is 0.977. The van der Waals surface area contributed by atoms with Crippen molar-refractivity contribution in [3.63, 3.8) is 0 Å². The second kappa shape index (κ2) is 5.00. The molecule has 0 bridgehead atoms. The summed E-state index contributed by atoms with van der Waals surface area (Å²) in [7, 11) is 0. The van der Waals surface area contributed by atoms with Crippen molar-refractivity contribution in [1.29, 1.82) is 0 Å². The number of rotatable bonds is 3. The molecule has 2 aliphatic rings. The Hall–Kier alpha value is -0.520. The molecule has 1 aromatic rings. The minimum absolute atomic E-state index is 0.778. The van der Waals surface area contributed by atoms with Crippen LogP contribution in [0.25, 0.3) is 0 Å². The van der Waals surface area contributed by atoms with Crippen molar-refractivity contribution in [2.45, 2.75) is 19.5 Å². The molecule has 3 rings (SSSR count). The van der Waals surface area contributed by atoms with Crippen molar-refractivity contribution in [2.75, 3.05) is 37.7 Å². The van der Waals surface area contributed by atoms with Gasteiger partial charge in [0.25, 0.3) is 0 Å². The van der Waals surface area contributed by atoms with Crippen LogP contribution < -0.4 is 0 Å². The summed E-state index contributed by atoms with van der Waals surface area (Å²) in [5, 5.41) is 3.92. The summed E-state index contributed by atoms with van der Waals surface area (Å²) in [6.45, 7) is 7.79. The molecule has 3 heterocycles. The van der Waals surface area contributed by atoms with E-state index in [1.54, 1.807) is 0 Å². The molecule has 0 aliphatic carbocycles. The molecule has 5 heteroatoms. The number of hydrogen-bond donors (Lipinski definition) is 0. The Morgan fingerprint density at radius 3 is 2.82 bits per heavy atom. The van der Waals surface area contributed by atoms with Gasteiger partial charge in [0.1, 0.15) is 0 Å². The minimum atomic E-state index is 0.778. The predicted octanol–water partition coefficient (Wildman–Crippen LogP) is 1.22. The number of thioether (sulfide) groups is 1. The van der Waals surface area contributed by atoms with Gasteiger partial charge in [0, 0.05) is 49.8 Å². The quantitative estimate of drug-likeness (QED) is 0.808. The Kier molecular flexibility index (Phi) is 3.40. The van der Waals surface area contributed by atoms with Crippen LogP contribution in [-0.4, -0.2) is 58.7 Å². The zero-order chi connectivity index (χ0) is 11.7. The van der Waals surface area contributed by atoms with Crippen LogP contribution >= 0.6 is 11.8 Å². The summed E-state index contributed by atoms with van der Waals surface area (Å²) in [4.78, 5) is 5.07. The summed E-state index contributed by atoms with van der Waals surface area (Å²) in [6.07, 6.45) is 0. The Morgan fingerprint density at radius 1 is 1.41 bits per heavy atom. The highest BCUT2D eigenvalue weighted by atomic mass is 32.2. The lowest BCUT2D eigenvalue weighted by Gasteiger charge is -2.46. The molecule has 0 aromatic carbocycles. The number of aromatic nitrogens is 1. The lowest BCUT2D eigenvalue weighted by atomic mass is 10.1. The zero-order valence-corrected chi connectivity index (χ0v) is 11.1. The fourth-order valence-corrected chi connectivity index (χ4v) is 3.49. The molecule has 1 aromatic heterocycles. The van der Waals surface area contributed by atoms with E-state index in [0.29, 0.717) is 0 Å². The van der Waals surface area contributed by atoms with Crippen LogP contribution in [0.15, 0.2) is 10.6 Å². The van der Waals surface area contributed by atoms with Gasteiger partial charge in [-0.25, -0.2) is 0 Å². The zero-order valence-electron chi connectivity index (χ0n) is 10.3. The average Bonchev–Trinajstić information content (AvgIpc) is 2.70. The first-order valence-electron chi connectivity index (χ1n) is 6.27. The molecule has 0 N–H and O–H groups in total. The first-order valence-corrected chi connectivity index (χ1v) is 7.43. The summed E-state index contributed by atoms with van der Waals surface area (Å²) < 4.78 is 5.24. The van der Waals surface area contributed by atoms with Crippen molar-refractivity contribution in [1.82, 2.24) is 15.0 Å². The van der Waals surface area contributed by atoms with Gasteiger partial charge >= 0.3 is 0 Å². The van der Waals surface area contributed by atoms with Crippen molar-refractivity contribution < 1.29 is 4.52 Å². The Labute approximate surface area is 106 Å². The van der Waals surface area contributed by atoms with Crippen molar-refractivity contribution in [3.8, 4) is 0 Å². The lowest BCUT2D eigenvalue weighted by molar-refractivity contribution is 0.0288. The number of aryl methyl sites for hydroxylation is 1. The maximum atomic E-state index is 5.24. The molecule has 4 nitrogen and oxygen atoms in total. The fraction of sp³-hybridized carbons (Fsp3) is 0.750. The van der Waals surface area contributed by atoms with Crippen molar-refractivity contribution in [2.24, 2.45) is 0 Å². The van der Waals surface area contributed by atoms with Gasteiger partial charge < -0.3 is 4.52 Å². The SMILES string of the molecule is Cc1cc(CN2CC(N3CCSCC3)C2)on1. The maximum absolute atomic E-state index is 5.24. The van der Waals surface area contributed by atoms with E-state index in [2.05, 4.69) is 26.7 Å². The normalized spacial score (nSPS) is 23.8. The molecule has 0 radical (unpaired) electrons.